The van der Waals surface area contributed by atoms with Crippen LogP contribution in [-0.4, -0.2) is 38.5 Å². The van der Waals surface area contributed by atoms with Gasteiger partial charge in [-0.3, -0.25) is 0 Å². The van der Waals surface area contributed by atoms with Gasteiger partial charge in [0.05, 0.1) is 0 Å². The van der Waals surface area contributed by atoms with Crippen LogP contribution in [-0.2, 0) is 4.74 Å². The minimum absolute atomic E-state index is 1.00. The molecule has 2 aromatic rings. The molecule has 0 aliphatic rings. The highest BCUT2D eigenvalue weighted by atomic mass is 16.4. The second-order valence-corrected chi connectivity index (χ2v) is 3.21. The van der Waals surface area contributed by atoms with Gasteiger partial charge in [-0.15, -0.1) is 0 Å². The number of aliphatic hydroxyl groups is 1. The number of aromatic nitrogens is 1. The Bertz CT molecular complexity index is 476. The van der Waals surface area contributed by atoms with Gasteiger partial charge in [-0.05, 0) is 24.1 Å². The molecule has 0 aliphatic heterocycles. The van der Waals surface area contributed by atoms with Crippen molar-refractivity contribution >= 4 is 10.9 Å². The number of fused-ring (bicyclic) bond motifs is 1. The summed E-state index contributed by atoms with van der Waals surface area (Å²) in [5.74, 6) is 0. The Morgan fingerprint density at radius 3 is 2.16 bits per heavy atom. The summed E-state index contributed by atoms with van der Waals surface area (Å²) in [4.78, 5) is 5.55. The van der Waals surface area contributed by atoms with Gasteiger partial charge < -0.3 is 14.8 Å². The average Bonchev–Trinajstić information content (AvgIpc) is 2.84. The van der Waals surface area contributed by atoms with Crippen molar-refractivity contribution in [3.63, 3.8) is 0 Å². The highest BCUT2D eigenvalue weighted by molar-refractivity contribution is 5.82. The van der Waals surface area contributed by atoms with Crippen molar-refractivity contribution in [3.8, 4) is 0 Å². The number of aromatic amines is 1. The number of nitrogens with zero attached hydrogens (tertiary/aromatic N) is 3. The van der Waals surface area contributed by atoms with Crippen LogP contribution in [0.3, 0.4) is 0 Å². The maximum absolute atomic E-state index is 7.33. The van der Waals surface area contributed by atoms with Crippen molar-refractivity contribution in [2.45, 2.75) is 6.92 Å². The molecular formula is C13H22N4O2. The lowest BCUT2D eigenvalue weighted by Crippen LogP contribution is -1.64. The van der Waals surface area contributed by atoms with Crippen LogP contribution in [0.2, 0.25) is 0 Å². The zero-order valence-electron chi connectivity index (χ0n) is 12.1. The van der Waals surface area contributed by atoms with E-state index in [2.05, 4.69) is 44.9 Å². The lowest BCUT2D eigenvalue weighted by molar-refractivity contribution is 0.277. The van der Waals surface area contributed by atoms with Crippen molar-refractivity contribution in [2.24, 2.45) is 5.11 Å². The third-order valence-electron chi connectivity index (χ3n) is 1.89. The van der Waals surface area contributed by atoms with Crippen LogP contribution in [0.5, 0.6) is 0 Å². The summed E-state index contributed by atoms with van der Waals surface area (Å²) in [5.41, 5.74) is 9.87. The molecule has 19 heavy (non-hydrogen) atoms. The van der Waals surface area contributed by atoms with Gasteiger partial charge in [-0.1, -0.05) is 23.3 Å². The van der Waals surface area contributed by atoms with Crippen LogP contribution in [0, 0.1) is 6.92 Å². The molecule has 2 N–H and O–H groups in total. The Balaban J connectivity index is 0. The van der Waals surface area contributed by atoms with Crippen LogP contribution in [0.15, 0.2) is 35.6 Å². The first-order valence-corrected chi connectivity index (χ1v) is 5.52. The number of methoxy groups -OCH3 is 1. The Morgan fingerprint density at radius 2 is 1.74 bits per heavy atom. The van der Waals surface area contributed by atoms with Gasteiger partial charge in [0.25, 0.3) is 0 Å². The molecule has 0 aliphatic carbocycles. The average molecular weight is 266 g/mol. The van der Waals surface area contributed by atoms with E-state index in [9.17, 15) is 0 Å². The summed E-state index contributed by atoms with van der Waals surface area (Å²) in [5, 5.41) is 11.2. The van der Waals surface area contributed by atoms with Crippen LogP contribution >= 0.6 is 0 Å². The first kappa shape index (κ1) is 19.3. The molecule has 1 aromatic carbocycles. The summed E-state index contributed by atoms with van der Waals surface area (Å²) in [6, 6.07) is 8.31. The lowest BCUT2D eigenvalue weighted by atomic mass is 10.2. The Hall–Kier alpha value is -2.01. The summed E-state index contributed by atoms with van der Waals surface area (Å²) in [6.07, 6.45) is 2.03. The monoisotopic (exact) mass is 266 g/mol. The molecule has 6 heteroatoms. The number of hydrogen-bond acceptors (Lipinski definition) is 3. The number of hydrogen-bond donors (Lipinski definition) is 2. The molecule has 0 saturated heterocycles. The zero-order valence-corrected chi connectivity index (χ0v) is 12.1. The SMILES string of the molecule is CN=[N+]=[N-].CO.COC.Cc1c[nH]c2ccccc12. The van der Waals surface area contributed by atoms with E-state index in [0.29, 0.717) is 0 Å². The Kier molecular flexibility index (Phi) is 14.3. The fourth-order valence-electron chi connectivity index (χ4n) is 1.22. The van der Waals surface area contributed by atoms with E-state index < -0.39 is 0 Å². The molecule has 1 heterocycles. The van der Waals surface area contributed by atoms with Crippen molar-refractivity contribution in [3.05, 3.63) is 46.5 Å². The number of aryl methyl sites for hydroxylation is 1. The topological polar surface area (TPSA) is 94.0 Å². The molecule has 0 spiro atoms. The second kappa shape index (κ2) is 14.1. The van der Waals surface area contributed by atoms with Crippen LogP contribution in [0.1, 0.15) is 5.56 Å². The fraction of sp³-hybridized carbons (Fsp3) is 0.385. The largest absolute Gasteiger partial charge is 0.400 e. The van der Waals surface area contributed by atoms with Gasteiger partial charge in [0, 0.05) is 50.4 Å². The molecule has 0 atom stereocenters. The fourth-order valence-corrected chi connectivity index (χ4v) is 1.22. The zero-order chi connectivity index (χ0) is 15.1. The Labute approximate surface area is 113 Å². The van der Waals surface area contributed by atoms with Gasteiger partial charge in [0.2, 0.25) is 0 Å². The van der Waals surface area contributed by atoms with E-state index in [1.165, 1.54) is 23.5 Å². The quantitative estimate of drug-likeness (QED) is 0.435. The van der Waals surface area contributed by atoms with Gasteiger partial charge in [0.15, 0.2) is 0 Å². The van der Waals surface area contributed by atoms with E-state index in [1.54, 1.807) is 14.2 Å². The van der Waals surface area contributed by atoms with E-state index >= 15 is 0 Å². The van der Waals surface area contributed by atoms with Crippen molar-refractivity contribution in [1.29, 1.82) is 0 Å². The van der Waals surface area contributed by atoms with Crippen LogP contribution < -0.4 is 0 Å². The summed E-state index contributed by atoms with van der Waals surface area (Å²) in [7, 11) is 5.64. The maximum Gasteiger partial charge on any atom is 0.0456 e. The molecule has 0 fully saturated rings. The molecule has 106 valence electrons. The van der Waals surface area contributed by atoms with E-state index in [0.717, 1.165) is 7.11 Å². The molecule has 6 nitrogen and oxygen atoms in total. The molecule has 0 amide bonds. The smallest absolute Gasteiger partial charge is 0.0456 e. The standard InChI is InChI=1S/C9H9N.C2H6O.CH3N3.CH4O/c1-7-6-10-9-5-3-2-4-8(7)9;1-3-2;1-3-4-2;1-2/h2-6,10H,1H3;1-2H3;1H3;2H,1H3. The maximum atomic E-state index is 7.33. The molecule has 0 unspecified atom stereocenters. The summed E-state index contributed by atoms with van der Waals surface area (Å²) in [6.45, 7) is 2.11. The summed E-state index contributed by atoms with van der Waals surface area (Å²) >= 11 is 0. The minimum atomic E-state index is 1.00. The number of nitrogens with one attached hydrogen (secondary N) is 1. The molecule has 0 bridgehead atoms. The van der Waals surface area contributed by atoms with Crippen LogP contribution in [0.4, 0.5) is 0 Å². The van der Waals surface area contributed by atoms with Crippen LogP contribution in [0.25, 0.3) is 21.3 Å². The molecular weight excluding hydrogens is 244 g/mol. The predicted octanol–water partition coefficient (Wildman–Crippen LogP) is 3.27. The van der Waals surface area contributed by atoms with E-state index in [4.69, 9.17) is 10.6 Å². The van der Waals surface area contributed by atoms with E-state index in [1.807, 2.05) is 12.3 Å². The summed E-state index contributed by atoms with van der Waals surface area (Å²) < 4.78 is 4.25. The third kappa shape index (κ3) is 8.68. The number of ether oxygens (including phenoxy) is 1. The number of H-pyrrole nitrogens is 1. The van der Waals surface area contributed by atoms with Gasteiger partial charge in [-0.25, -0.2) is 0 Å². The highest BCUT2D eigenvalue weighted by Gasteiger charge is 1.94. The number of aliphatic hydroxyl groups excluding tert-OH is 1. The second-order valence-electron chi connectivity index (χ2n) is 3.21. The molecule has 1 aromatic heterocycles. The van der Waals surface area contributed by atoms with Gasteiger partial charge in [0.1, 0.15) is 0 Å². The number of azide groups is 1. The molecule has 0 saturated carbocycles. The Morgan fingerprint density at radius 1 is 1.26 bits per heavy atom. The first-order valence-electron chi connectivity index (χ1n) is 5.52. The minimum Gasteiger partial charge on any atom is -0.400 e. The number of benzene rings is 1. The first-order chi connectivity index (χ1) is 9.21. The number of rotatable bonds is 0. The predicted molar refractivity (Wildman–Crippen MR) is 79.2 cm³/mol. The van der Waals surface area contributed by atoms with Gasteiger partial charge in [-0.2, -0.15) is 0 Å². The molecule has 2 rings (SSSR count). The van der Waals surface area contributed by atoms with Gasteiger partial charge >= 0.3 is 0 Å². The third-order valence-corrected chi connectivity index (χ3v) is 1.89. The number of para-hydroxylation sites is 1. The normalized spacial score (nSPS) is 7.68. The highest BCUT2D eigenvalue weighted by Crippen LogP contribution is 2.15. The van der Waals surface area contributed by atoms with E-state index in [-0.39, 0.29) is 0 Å². The lowest BCUT2D eigenvalue weighted by Gasteiger charge is -1.86. The van der Waals surface area contributed by atoms with Crippen molar-refractivity contribution in [2.75, 3.05) is 28.4 Å². The van der Waals surface area contributed by atoms with Crippen molar-refractivity contribution in [1.82, 2.24) is 4.98 Å². The van der Waals surface area contributed by atoms with Crippen molar-refractivity contribution < 1.29 is 9.84 Å². The molecule has 0 radical (unpaired) electrons.